The molecule has 80 valence electrons. The molecule has 0 spiro atoms. The molecule has 0 unspecified atom stereocenters. The quantitative estimate of drug-likeness (QED) is 0.685. The van der Waals surface area contributed by atoms with Crippen molar-refractivity contribution in [3.8, 4) is 0 Å². The smallest absolute Gasteiger partial charge is 0.259 e. The Morgan fingerprint density at radius 1 is 1.44 bits per heavy atom. The second-order valence-corrected chi connectivity index (χ2v) is 4.58. The third-order valence-electron chi connectivity index (χ3n) is 2.55. The molecule has 0 amide bonds. The van der Waals surface area contributed by atoms with Gasteiger partial charge in [-0.25, -0.2) is 4.52 Å². The number of benzene rings is 1. The van der Waals surface area contributed by atoms with E-state index in [4.69, 9.17) is 0 Å². The van der Waals surface area contributed by atoms with Gasteiger partial charge in [0.25, 0.3) is 5.56 Å². The minimum absolute atomic E-state index is 0.0904. The predicted molar refractivity (Wildman–Crippen MR) is 65.8 cm³/mol. The van der Waals surface area contributed by atoms with Crippen molar-refractivity contribution in [2.75, 3.05) is 0 Å². The maximum atomic E-state index is 11.9. The van der Waals surface area contributed by atoms with Gasteiger partial charge in [0.2, 0.25) is 0 Å². The number of hydrogen-bond acceptors (Lipinski definition) is 2. The molecule has 0 atom stereocenters. The van der Waals surface area contributed by atoms with Gasteiger partial charge in [-0.1, -0.05) is 0 Å². The fraction of sp³-hybridized carbons (Fsp3) is 0.0909. The Labute approximate surface area is 99.0 Å². The van der Waals surface area contributed by atoms with Crippen LogP contribution in [0.25, 0.3) is 16.6 Å². The van der Waals surface area contributed by atoms with Crippen LogP contribution in [0.15, 0.2) is 33.7 Å². The van der Waals surface area contributed by atoms with Crippen molar-refractivity contribution in [2.24, 2.45) is 0 Å². The molecule has 0 saturated heterocycles. The Morgan fingerprint density at radius 2 is 2.25 bits per heavy atom. The summed E-state index contributed by atoms with van der Waals surface area (Å²) in [5.41, 5.74) is 2.44. The lowest BCUT2D eigenvalue weighted by Gasteiger charge is -2.04. The summed E-state index contributed by atoms with van der Waals surface area (Å²) in [7, 11) is 0. The van der Waals surface area contributed by atoms with Gasteiger partial charge in [-0.2, -0.15) is 5.10 Å². The number of hydrogen-bond donors (Lipinski definition) is 1. The molecule has 4 nitrogen and oxygen atoms in total. The van der Waals surface area contributed by atoms with Crippen molar-refractivity contribution < 1.29 is 0 Å². The van der Waals surface area contributed by atoms with Gasteiger partial charge in [-0.05, 0) is 40.5 Å². The van der Waals surface area contributed by atoms with E-state index in [9.17, 15) is 4.79 Å². The number of H-pyrrole nitrogens is 1. The van der Waals surface area contributed by atoms with E-state index in [1.807, 2.05) is 19.1 Å². The van der Waals surface area contributed by atoms with Crippen molar-refractivity contribution in [3.05, 3.63) is 44.8 Å². The number of aromatic nitrogens is 3. The van der Waals surface area contributed by atoms with Crippen LogP contribution in [0, 0.1) is 6.92 Å². The van der Waals surface area contributed by atoms with Gasteiger partial charge >= 0.3 is 0 Å². The molecule has 0 aliphatic rings. The largest absolute Gasteiger partial charge is 0.306 e. The Kier molecular flexibility index (Phi) is 1.91. The van der Waals surface area contributed by atoms with Crippen LogP contribution < -0.4 is 5.56 Å². The van der Waals surface area contributed by atoms with E-state index in [2.05, 4.69) is 26.0 Å². The zero-order valence-electron chi connectivity index (χ0n) is 8.49. The van der Waals surface area contributed by atoms with Crippen molar-refractivity contribution in [3.63, 3.8) is 0 Å². The van der Waals surface area contributed by atoms with E-state index in [-0.39, 0.29) is 5.56 Å². The first-order chi connectivity index (χ1) is 7.66. The van der Waals surface area contributed by atoms with E-state index in [0.29, 0.717) is 11.0 Å². The summed E-state index contributed by atoms with van der Waals surface area (Å²) in [5.74, 6) is 0. The summed E-state index contributed by atoms with van der Waals surface area (Å²) in [4.78, 5) is 14.7. The Balaban J connectivity index is 2.72. The second-order valence-electron chi connectivity index (χ2n) is 3.73. The van der Waals surface area contributed by atoms with E-state index < -0.39 is 0 Å². The summed E-state index contributed by atoms with van der Waals surface area (Å²) in [6.45, 7) is 1.96. The average molecular weight is 278 g/mol. The molecule has 3 rings (SSSR count). The molecule has 0 bridgehead atoms. The summed E-state index contributed by atoms with van der Waals surface area (Å²) in [5, 5.41) is 4.84. The van der Waals surface area contributed by atoms with E-state index in [1.54, 1.807) is 16.8 Å². The number of aryl methyl sites for hydroxylation is 1. The highest BCUT2D eigenvalue weighted by Gasteiger charge is 2.09. The van der Waals surface area contributed by atoms with Gasteiger partial charge < -0.3 is 4.98 Å². The van der Waals surface area contributed by atoms with Crippen LogP contribution in [0.2, 0.25) is 0 Å². The maximum Gasteiger partial charge on any atom is 0.259 e. The zero-order chi connectivity index (χ0) is 11.3. The van der Waals surface area contributed by atoms with Crippen LogP contribution in [0.4, 0.5) is 0 Å². The van der Waals surface area contributed by atoms with Crippen molar-refractivity contribution >= 4 is 32.5 Å². The molecule has 2 heterocycles. The van der Waals surface area contributed by atoms with Gasteiger partial charge in [0.1, 0.15) is 5.65 Å². The SMILES string of the molecule is Cc1cc(Br)c2c(c1)c(=O)[nH]c1ccnn12. The maximum absolute atomic E-state index is 11.9. The highest BCUT2D eigenvalue weighted by Crippen LogP contribution is 2.23. The number of nitrogens with zero attached hydrogens (tertiary/aromatic N) is 2. The molecule has 16 heavy (non-hydrogen) atoms. The molecule has 0 aliphatic carbocycles. The van der Waals surface area contributed by atoms with Gasteiger partial charge in [-0.15, -0.1) is 0 Å². The van der Waals surface area contributed by atoms with Crippen molar-refractivity contribution in [1.29, 1.82) is 0 Å². The van der Waals surface area contributed by atoms with Crippen LogP contribution in [-0.2, 0) is 0 Å². The lowest BCUT2D eigenvalue weighted by atomic mass is 10.2. The highest BCUT2D eigenvalue weighted by atomic mass is 79.9. The summed E-state index contributed by atoms with van der Waals surface area (Å²) in [6.07, 6.45) is 1.66. The Hall–Kier alpha value is -1.62. The fourth-order valence-electron chi connectivity index (χ4n) is 1.88. The normalized spacial score (nSPS) is 11.4. The summed E-state index contributed by atoms with van der Waals surface area (Å²) < 4.78 is 2.60. The van der Waals surface area contributed by atoms with Gasteiger partial charge in [0.05, 0.1) is 17.1 Å². The average Bonchev–Trinajstić information content (AvgIpc) is 2.65. The lowest BCUT2D eigenvalue weighted by molar-refractivity contribution is 0.974. The molecule has 0 aliphatic heterocycles. The topological polar surface area (TPSA) is 50.2 Å². The van der Waals surface area contributed by atoms with E-state index in [0.717, 1.165) is 15.6 Å². The van der Waals surface area contributed by atoms with Crippen LogP contribution >= 0.6 is 15.9 Å². The molecule has 0 fully saturated rings. The third kappa shape index (κ3) is 1.21. The molecule has 1 N–H and O–H groups in total. The van der Waals surface area contributed by atoms with Gasteiger partial charge in [-0.3, -0.25) is 4.79 Å². The van der Waals surface area contributed by atoms with E-state index >= 15 is 0 Å². The molecular weight excluding hydrogens is 270 g/mol. The minimum Gasteiger partial charge on any atom is -0.306 e. The first kappa shape index (κ1) is 9.59. The molecule has 3 aromatic rings. The predicted octanol–water partition coefficient (Wildman–Crippen LogP) is 2.25. The summed E-state index contributed by atoms with van der Waals surface area (Å²) >= 11 is 3.47. The zero-order valence-corrected chi connectivity index (χ0v) is 10.1. The number of nitrogens with one attached hydrogen (secondary N) is 1. The Morgan fingerprint density at radius 3 is 3.06 bits per heavy atom. The standard InChI is InChI=1S/C11H8BrN3O/c1-6-4-7-10(8(12)5-6)15-9(2-3-13-15)14-11(7)16/h2-5H,1H3,(H,14,16). The fourth-order valence-corrected chi connectivity index (χ4v) is 2.63. The van der Waals surface area contributed by atoms with Crippen LogP contribution in [-0.4, -0.2) is 14.6 Å². The van der Waals surface area contributed by atoms with Gasteiger partial charge in [0, 0.05) is 10.5 Å². The first-order valence-corrected chi connectivity index (χ1v) is 5.62. The first-order valence-electron chi connectivity index (χ1n) is 4.83. The Bertz CT molecular complexity index is 757. The van der Waals surface area contributed by atoms with E-state index in [1.165, 1.54) is 0 Å². The molecule has 0 saturated carbocycles. The minimum atomic E-state index is -0.0904. The molecule has 0 radical (unpaired) electrons. The molecule has 1 aromatic carbocycles. The van der Waals surface area contributed by atoms with Crippen LogP contribution in [0.3, 0.4) is 0 Å². The monoisotopic (exact) mass is 277 g/mol. The summed E-state index contributed by atoms with van der Waals surface area (Å²) in [6, 6.07) is 5.61. The van der Waals surface area contributed by atoms with Gasteiger partial charge in [0.15, 0.2) is 0 Å². The number of fused-ring (bicyclic) bond motifs is 3. The number of rotatable bonds is 0. The highest BCUT2D eigenvalue weighted by molar-refractivity contribution is 9.10. The van der Waals surface area contributed by atoms with Crippen molar-refractivity contribution in [1.82, 2.24) is 14.6 Å². The molecule has 5 heteroatoms. The third-order valence-corrected chi connectivity index (χ3v) is 3.15. The lowest BCUT2D eigenvalue weighted by Crippen LogP contribution is -2.10. The number of halogens is 1. The molecule has 2 aromatic heterocycles. The van der Waals surface area contributed by atoms with Crippen LogP contribution in [0.5, 0.6) is 0 Å². The van der Waals surface area contributed by atoms with Crippen molar-refractivity contribution in [2.45, 2.75) is 6.92 Å². The second kappa shape index (κ2) is 3.18. The van der Waals surface area contributed by atoms with Crippen LogP contribution in [0.1, 0.15) is 5.56 Å². The molecular formula is C11H8BrN3O. The number of aromatic amines is 1.